The number of carbonyl (C=O) groups is 1. The molecule has 5 rings (SSSR count). The average Bonchev–Trinajstić information content (AvgIpc) is 3.00. The number of aromatic nitrogens is 4. The quantitative estimate of drug-likeness (QED) is 0.742. The summed E-state index contributed by atoms with van der Waals surface area (Å²) >= 11 is 0. The second kappa shape index (κ2) is 7.00. The van der Waals surface area contributed by atoms with Crippen molar-refractivity contribution in [3.05, 3.63) is 59.1 Å². The molecular weight excluding hydrogens is 350 g/mol. The molecule has 1 fully saturated rings. The predicted molar refractivity (Wildman–Crippen MR) is 106 cm³/mol. The van der Waals surface area contributed by atoms with Gasteiger partial charge in [-0.2, -0.15) is 0 Å². The average molecular weight is 375 g/mol. The topological polar surface area (TPSA) is 72.2 Å². The predicted octanol–water partition coefficient (Wildman–Crippen LogP) is 3.63. The summed E-state index contributed by atoms with van der Waals surface area (Å²) in [6.45, 7) is 2.53. The molecule has 1 aliphatic carbocycles. The lowest BCUT2D eigenvalue weighted by atomic mass is 9.88. The highest BCUT2D eigenvalue weighted by Crippen LogP contribution is 2.34. The first-order valence-corrected chi connectivity index (χ1v) is 10.2. The fourth-order valence-corrected chi connectivity index (χ4v) is 4.63. The molecule has 2 aliphatic rings. The van der Waals surface area contributed by atoms with Gasteiger partial charge in [-0.05, 0) is 43.0 Å². The van der Waals surface area contributed by atoms with Gasteiger partial charge in [-0.15, -0.1) is 0 Å². The molecule has 0 unspecified atom stereocenters. The van der Waals surface area contributed by atoms with Crippen LogP contribution in [0.5, 0.6) is 0 Å². The summed E-state index contributed by atoms with van der Waals surface area (Å²) in [5, 5.41) is 2.98. The third-order valence-corrected chi connectivity index (χ3v) is 6.13. The van der Waals surface area contributed by atoms with Crippen LogP contribution in [0.2, 0.25) is 0 Å². The Morgan fingerprint density at radius 2 is 1.93 bits per heavy atom. The van der Waals surface area contributed by atoms with Crippen LogP contribution in [0.4, 0.5) is 0 Å². The van der Waals surface area contributed by atoms with Crippen LogP contribution in [0.1, 0.15) is 78.7 Å². The summed E-state index contributed by atoms with van der Waals surface area (Å²) in [4.78, 5) is 26.6. The lowest BCUT2D eigenvalue weighted by Crippen LogP contribution is -2.21. The fraction of sp³-hybridized carbons (Fsp3) is 0.455. The van der Waals surface area contributed by atoms with E-state index in [2.05, 4.69) is 35.0 Å². The van der Waals surface area contributed by atoms with Gasteiger partial charge in [0.05, 0.1) is 17.9 Å². The lowest BCUT2D eigenvalue weighted by molar-refractivity contribution is -0.121. The maximum atomic E-state index is 12.3. The molecule has 1 saturated carbocycles. The van der Waals surface area contributed by atoms with E-state index in [4.69, 9.17) is 15.0 Å². The van der Waals surface area contributed by atoms with Gasteiger partial charge in [0.1, 0.15) is 11.5 Å². The number of amides is 1. The Bertz CT molecular complexity index is 1020. The Hall–Kier alpha value is -2.76. The van der Waals surface area contributed by atoms with Crippen LogP contribution in [-0.2, 0) is 11.3 Å². The second-order valence-electron chi connectivity index (χ2n) is 8.12. The molecule has 3 aromatic heterocycles. The van der Waals surface area contributed by atoms with Crippen molar-refractivity contribution in [1.82, 2.24) is 24.7 Å². The molecule has 144 valence electrons. The normalized spacial score (nSPS) is 20.6. The van der Waals surface area contributed by atoms with Gasteiger partial charge in [0, 0.05) is 36.8 Å². The number of pyridine rings is 1. The van der Waals surface area contributed by atoms with E-state index < -0.39 is 0 Å². The van der Waals surface area contributed by atoms with Crippen molar-refractivity contribution in [3.8, 4) is 0 Å². The van der Waals surface area contributed by atoms with Crippen molar-refractivity contribution in [2.75, 3.05) is 0 Å². The van der Waals surface area contributed by atoms with Gasteiger partial charge in [-0.3, -0.25) is 4.79 Å². The first-order valence-electron chi connectivity index (χ1n) is 10.2. The highest BCUT2D eigenvalue weighted by molar-refractivity contribution is 5.78. The Kier molecular flexibility index (Phi) is 4.34. The van der Waals surface area contributed by atoms with Crippen molar-refractivity contribution in [2.45, 2.75) is 63.8 Å². The zero-order valence-electron chi connectivity index (χ0n) is 16.2. The smallest absolute Gasteiger partial charge is 0.221 e. The van der Waals surface area contributed by atoms with Gasteiger partial charge in [-0.1, -0.05) is 19.3 Å². The van der Waals surface area contributed by atoms with Crippen LogP contribution >= 0.6 is 0 Å². The van der Waals surface area contributed by atoms with E-state index >= 15 is 0 Å². The van der Waals surface area contributed by atoms with Crippen molar-refractivity contribution in [1.29, 1.82) is 0 Å². The van der Waals surface area contributed by atoms with E-state index in [1.165, 1.54) is 37.7 Å². The molecule has 0 radical (unpaired) electrons. The molecule has 0 saturated heterocycles. The molecule has 1 atom stereocenters. The fourth-order valence-electron chi connectivity index (χ4n) is 4.63. The molecule has 1 amide bonds. The summed E-state index contributed by atoms with van der Waals surface area (Å²) in [6.07, 6.45) is 12.5. The third-order valence-electron chi connectivity index (χ3n) is 6.13. The first-order chi connectivity index (χ1) is 13.7. The summed E-state index contributed by atoms with van der Waals surface area (Å²) in [6, 6.07) is 4.16. The Morgan fingerprint density at radius 3 is 2.71 bits per heavy atom. The van der Waals surface area contributed by atoms with E-state index in [1.54, 1.807) is 0 Å². The number of carbonyl (C=O) groups excluding carboxylic acids is 1. The number of nitrogens with one attached hydrogen (secondary N) is 1. The molecule has 28 heavy (non-hydrogen) atoms. The molecule has 0 aromatic carbocycles. The van der Waals surface area contributed by atoms with E-state index in [0.29, 0.717) is 18.9 Å². The van der Waals surface area contributed by atoms with E-state index in [-0.39, 0.29) is 11.8 Å². The maximum absolute atomic E-state index is 12.3. The number of hydrogen-bond acceptors (Lipinski definition) is 4. The summed E-state index contributed by atoms with van der Waals surface area (Å²) < 4.78 is 2.11. The van der Waals surface area contributed by atoms with E-state index in [9.17, 15) is 4.79 Å². The van der Waals surface area contributed by atoms with Crippen molar-refractivity contribution < 1.29 is 4.79 Å². The minimum absolute atomic E-state index is 0.0419. The van der Waals surface area contributed by atoms with Crippen LogP contribution in [0.15, 0.2) is 30.7 Å². The molecular formula is C22H25N5O. The van der Waals surface area contributed by atoms with Gasteiger partial charge in [0.2, 0.25) is 5.91 Å². The first kappa shape index (κ1) is 17.3. The van der Waals surface area contributed by atoms with Gasteiger partial charge < -0.3 is 9.72 Å². The largest absolute Gasteiger partial charge is 0.350 e. The van der Waals surface area contributed by atoms with Crippen molar-refractivity contribution >= 4 is 11.6 Å². The van der Waals surface area contributed by atoms with Gasteiger partial charge in [-0.25, -0.2) is 15.0 Å². The second-order valence-corrected chi connectivity index (χ2v) is 8.12. The number of rotatable bonds is 2. The zero-order valence-corrected chi connectivity index (χ0v) is 16.2. The highest BCUT2D eigenvalue weighted by Gasteiger charge is 2.29. The van der Waals surface area contributed by atoms with Crippen LogP contribution in [0, 0.1) is 6.92 Å². The van der Waals surface area contributed by atoms with Crippen LogP contribution in [0.3, 0.4) is 0 Å². The Labute approximate surface area is 164 Å². The number of imidazole rings is 1. The molecule has 6 nitrogen and oxygen atoms in total. The SMILES string of the molecule is Cc1ccn2c3c(nc2c1)CNC(=O)C[C@@H]3c1cnc(C2CCCCC2)nc1. The van der Waals surface area contributed by atoms with Crippen LogP contribution in [-0.4, -0.2) is 25.3 Å². The van der Waals surface area contributed by atoms with Gasteiger partial charge >= 0.3 is 0 Å². The number of fused-ring (bicyclic) bond motifs is 3. The standard InChI is InChI=1S/C22H25N5O/c1-14-7-8-27-19(9-14)26-18-13-23-20(28)10-17(21(18)27)16-11-24-22(25-12-16)15-5-3-2-4-6-15/h7-9,11-12,15,17H,2-6,10,13H2,1H3,(H,23,28)/t17-/m1/s1. The van der Waals surface area contributed by atoms with E-state index in [1.807, 2.05) is 12.4 Å². The lowest BCUT2D eigenvalue weighted by Gasteiger charge is -2.21. The molecule has 3 aromatic rings. The van der Waals surface area contributed by atoms with Crippen LogP contribution < -0.4 is 5.32 Å². The molecule has 4 heterocycles. The monoisotopic (exact) mass is 375 g/mol. The molecule has 0 spiro atoms. The summed E-state index contributed by atoms with van der Waals surface area (Å²) in [5.74, 6) is 1.39. The Morgan fingerprint density at radius 1 is 1.14 bits per heavy atom. The number of aryl methyl sites for hydroxylation is 1. The number of nitrogens with zero attached hydrogens (tertiary/aromatic N) is 4. The Balaban J connectivity index is 1.55. The maximum Gasteiger partial charge on any atom is 0.221 e. The zero-order chi connectivity index (χ0) is 19.1. The van der Waals surface area contributed by atoms with Crippen molar-refractivity contribution in [3.63, 3.8) is 0 Å². The third kappa shape index (κ3) is 3.07. The molecule has 6 heteroatoms. The highest BCUT2D eigenvalue weighted by atomic mass is 16.1. The van der Waals surface area contributed by atoms with Crippen molar-refractivity contribution in [2.24, 2.45) is 0 Å². The molecule has 0 bridgehead atoms. The summed E-state index contributed by atoms with van der Waals surface area (Å²) in [7, 11) is 0. The summed E-state index contributed by atoms with van der Waals surface area (Å²) in [5.41, 5.74) is 5.08. The number of hydrogen-bond donors (Lipinski definition) is 1. The van der Waals surface area contributed by atoms with Gasteiger partial charge in [0.15, 0.2) is 0 Å². The van der Waals surface area contributed by atoms with Gasteiger partial charge in [0.25, 0.3) is 0 Å². The van der Waals surface area contributed by atoms with E-state index in [0.717, 1.165) is 28.4 Å². The van der Waals surface area contributed by atoms with Crippen LogP contribution in [0.25, 0.3) is 5.65 Å². The molecule has 1 aliphatic heterocycles. The minimum atomic E-state index is -0.0874. The molecule has 1 N–H and O–H groups in total. The minimum Gasteiger partial charge on any atom is -0.350 e.